The Kier molecular flexibility index (Phi) is 10.3. The molecule has 0 heterocycles. The van der Waals surface area contributed by atoms with Gasteiger partial charge in [-0.3, -0.25) is 9.59 Å². The topological polar surface area (TPSA) is 84.5 Å². The highest BCUT2D eigenvalue weighted by Crippen LogP contribution is 2.12. The summed E-state index contributed by atoms with van der Waals surface area (Å²) in [4.78, 5) is 37.1. The number of ether oxygens (including phenoxy) is 1. The lowest BCUT2D eigenvalue weighted by Crippen LogP contribution is -2.52. The molecule has 0 aromatic heterocycles. The summed E-state index contributed by atoms with van der Waals surface area (Å²) >= 11 is 7.42. The van der Waals surface area contributed by atoms with Gasteiger partial charge in [-0.2, -0.15) is 11.8 Å². The van der Waals surface area contributed by atoms with Gasteiger partial charge < -0.3 is 15.4 Å². The van der Waals surface area contributed by atoms with Crippen molar-refractivity contribution in [3.8, 4) is 0 Å². The van der Waals surface area contributed by atoms with E-state index in [0.717, 1.165) is 0 Å². The molecule has 0 saturated heterocycles. The third-order valence-corrected chi connectivity index (χ3v) is 4.74. The minimum absolute atomic E-state index is 0.175. The molecule has 0 spiro atoms. The van der Waals surface area contributed by atoms with E-state index in [2.05, 4.69) is 10.6 Å². The van der Waals surface area contributed by atoms with Crippen LogP contribution in [0, 0.1) is 5.92 Å². The number of carbonyl (C=O) groups excluding carboxylic acids is 3. The zero-order chi connectivity index (χ0) is 20.4. The zero-order valence-electron chi connectivity index (χ0n) is 16.1. The Morgan fingerprint density at radius 2 is 1.74 bits per heavy atom. The average Bonchev–Trinajstić information content (AvgIpc) is 2.63. The van der Waals surface area contributed by atoms with Crippen LogP contribution in [-0.4, -0.2) is 49.0 Å². The van der Waals surface area contributed by atoms with Crippen molar-refractivity contribution in [3.05, 3.63) is 34.9 Å². The summed E-state index contributed by atoms with van der Waals surface area (Å²) in [6.07, 6.45) is 2.82. The van der Waals surface area contributed by atoms with E-state index < -0.39 is 24.0 Å². The maximum Gasteiger partial charge on any atom is 0.328 e. The summed E-state index contributed by atoms with van der Waals surface area (Å²) in [5, 5.41) is 5.99. The number of nitrogens with one attached hydrogen (secondary N) is 2. The molecule has 2 amide bonds. The van der Waals surface area contributed by atoms with Gasteiger partial charge in [0.1, 0.15) is 12.1 Å². The molecule has 0 aliphatic rings. The molecule has 6 nitrogen and oxygen atoms in total. The Labute approximate surface area is 169 Å². The minimum atomic E-state index is -0.755. The highest BCUT2D eigenvalue weighted by Gasteiger charge is 2.27. The highest BCUT2D eigenvalue weighted by atomic mass is 35.5. The third kappa shape index (κ3) is 8.22. The molecular weight excluding hydrogens is 388 g/mol. The van der Waals surface area contributed by atoms with Crippen molar-refractivity contribution in [2.45, 2.75) is 38.8 Å². The van der Waals surface area contributed by atoms with Crippen LogP contribution in [0.25, 0.3) is 0 Å². The molecule has 27 heavy (non-hydrogen) atoms. The molecule has 0 unspecified atom stereocenters. The smallest absolute Gasteiger partial charge is 0.328 e. The van der Waals surface area contributed by atoms with Crippen LogP contribution in [0.5, 0.6) is 0 Å². The first kappa shape index (κ1) is 23.3. The van der Waals surface area contributed by atoms with Gasteiger partial charge in [-0.1, -0.05) is 25.4 Å². The Morgan fingerprint density at radius 3 is 2.26 bits per heavy atom. The Morgan fingerprint density at radius 1 is 1.11 bits per heavy atom. The average molecular weight is 415 g/mol. The van der Waals surface area contributed by atoms with Crippen molar-refractivity contribution in [1.29, 1.82) is 0 Å². The van der Waals surface area contributed by atoms with E-state index in [0.29, 0.717) is 29.2 Å². The molecule has 2 N–H and O–H groups in total. The van der Waals surface area contributed by atoms with Gasteiger partial charge in [0.15, 0.2) is 0 Å². The van der Waals surface area contributed by atoms with Gasteiger partial charge in [0.2, 0.25) is 5.91 Å². The number of benzene rings is 1. The van der Waals surface area contributed by atoms with Crippen molar-refractivity contribution in [1.82, 2.24) is 10.6 Å². The maximum atomic E-state index is 12.7. The first-order chi connectivity index (χ1) is 12.8. The monoisotopic (exact) mass is 414 g/mol. The fraction of sp³-hybridized carbons (Fsp3) is 0.526. The summed E-state index contributed by atoms with van der Waals surface area (Å²) in [7, 11) is 1.29. The molecule has 2 atom stereocenters. The van der Waals surface area contributed by atoms with Gasteiger partial charge in [-0.15, -0.1) is 0 Å². The van der Waals surface area contributed by atoms with Crippen LogP contribution in [0.3, 0.4) is 0 Å². The van der Waals surface area contributed by atoms with E-state index in [1.165, 1.54) is 7.11 Å². The number of rotatable bonds is 10. The van der Waals surface area contributed by atoms with E-state index in [1.807, 2.05) is 20.1 Å². The zero-order valence-corrected chi connectivity index (χ0v) is 17.7. The normalized spacial score (nSPS) is 13.0. The third-order valence-electron chi connectivity index (χ3n) is 3.85. The van der Waals surface area contributed by atoms with Crippen molar-refractivity contribution in [2.24, 2.45) is 5.92 Å². The van der Waals surface area contributed by atoms with Crippen LogP contribution < -0.4 is 10.6 Å². The number of carbonyl (C=O) groups is 3. The summed E-state index contributed by atoms with van der Waals surface area (Å²) in [6, 6.07) is 4.93. The summed E-state index contributed by atoms with van der Waals surface area (Å²) < 4.78 is 4.77. The summed E-state index contributed by atoms with van der Waals surface area (Å²) in [5.41, 5.74) is 0.410. The van der Waals surface area contributed by atoms with Crippen LogP contribution >= 0.6 is 23.4 Å². The predicted octanol–water partition coefficient (Wildman–Crippen LogP) is 2.90. The Hall–Kier alpha value is -1.73. The van der Waals surface area contributed by atoms with Crippen LogP contribution in [-0.2, 0) is 14.3 Å². The molecule has 0 fully saturated rings. The van der Waals surface area contributed by atoms with Gasteiger partial charge in [0.25, 0.3) is 5.91 Å². The molecule has 0 radical (unpaired) electrons. The minimum Gasteiger partial charge on any atom is -0.467 e. The number of amides is 2. The van der Waals surface area contributed by atoms with Crippen molar-refractivity contribution in [2.75, 3.05) is 19.1 Å². The summed E-state index contributed by atoms with van der Waals surface area (Å²) in [6.45, 7) is 3.92. The van der Waals surface area contributed by atoms with Crippen molar-refractivity contribution < 1.29 is 19.1 Å². The second-order valence-corrected chi connectivity index (χ2v) is 7.95. The van der Waals surface area contributed by atoms with Gasteiger partial charge in [0, 0.05) is 10.6 Å². The van der Waals surface area contributed by atoms with Crippen molar-refractivity contribution in [3.63, 3.8) is 0 Å². The Balaban J connectivity index is 2.86. The first-order valence-corrected chi connectivity index (χ1v) is 10.5. The fourth-order valence-electron chi connectivity index (χ4n) is 2.44. The van der Waals surface area contributed by atoms with Crippen molar-refractivity contribution >= 4 is 41.1 Å². The number of hydrogen-bond acceptors (Lipinski definition) is 5. The second kappa shape index (κ2) is 11.9. The lowest BCUT2D eigenvalue weighted by Gasteiger charge is -2.23. The highest BCUT2D eigenvalue weighted by molar-refractivity contribution is 7.98. The van der Waals surface area contributed by atoms with E-state index >= 15 is 0 Å². The quantitative estimate of drug-likeness (QED) is 0.575. The molecule has 1 aromatic carbocycles. The molecule has 1 aromatic rings. The molecule has 0 bridgehead atoms. The number of methoxy groups -OCH3 is 1. The van der Waals surface area contributed by atoms with Gasteiger partial charge in [-0.25, -0.2) is 4.79 Å². The maximum absolute atomic E-state index is 12.7. The lowest BCUT2D eigenvalue weighted by atomic mass is 10.0. The van der Waals surface area contributed by atoms with Crippen LogP contribution in [0.1, 0.15) is 37.0 Å². The standard InChI is InChI=1S/C19H27ClN2O4S/c1-12(2)11-16(22-17(23)13-5-7-14(20)8-6-13)18(24)21-15(9-10-27-4)19(25)26-3/h5-8,12,15-16H,9-11H2,1-4H3,(H,21,24)(H,22,23)/t15-,16+/m1/s1. The molecule has 0 aliphatic carbocycles. The van der Waals surface area contributed by atoms with E-state index in [9.17, 15) is 14.4 Å². The fourth-order valence-corrected chi connectivity index (χ4v) is 3.04. The lowest BCUT2D eigenvalue weighted by molar-refractivity contribution is -0.145. The van der Waals surface area contributed by atoms with E-state index in [-0.39, 0.29) is 11.8 Å². The molecule has 0 aliphatic heterocycles. The molecule has 1 rings (SSSR count). The number of hydrogen-bond donors (Lipinski definition) is 2. The van der Waals surface area contributed by atoms with Crippen LogP contribution in [0.4, 0.5) is 0 Å². The molecule has 8 heteroatoms. The van der Waals surface area contributed by atoms with Gasteiger partial charge in [0.05, 0.1) is 7.11 Å². The Bertz CT molecular complexity index is 637. The first-order valence-electron chi connectivity index (χ1n) is 8.72. The predicted molar refractivity (Wildman–Crippen MR) is 109 cm³/mol. The van der Waals surface area contributed by atoms with Crippen LogP contribution in [0.2, 0.25) is 5.02 Å². The second-order valence-electron chi connectivity index (χ2n) is 6.53. The molecule has 0 saturated carbocycles. The number of halogens is 1. The number of esters is 1. The molecular formula is C19H27ClN2O4S. The van der Waals surface area contributed by atoms with Crippen LogP contribution in [0.15, 0.2) is 24.3 Å². The van der Waals surface area contributed by atoms with Gasteiger partial charge >= 0.3 is 5.97 Å². The summed E-state index contributed by atoms with van der Waals surface area (Å²) in [5.74, 6) is -0.390. The number of thioether (sulfide) groups is 1. The largest absolute Gasteiger partial charge is 0.467 e. The SMILES string of the molecule is COC(=O)[C@@H](CCSC)NC(=O)[C@H](CC(C)C)NC(=O)c1ccc(Cl)cc1. The van der Waals surface area contributed by atoms with E-state index in [1.54, 1.807) is 36.0 Å². The van der Waals surface area contributed by atoms with E-state index in [4.69, 9.17) is 16.3 Å². The van der Waals surface area contributed by atoms with Gasteiger partial charge in [-0.05, 0) is 55.0 Å². The molecule has 150 valence electrons.